The van der Waals surface area contributed by atoms with Gasteiger partial charge in [0.05, 0.1) is 22.9 Å². The van der Waals surface area contributed by atoms with Crippen molar-refractivity contribution in [2.45, 2.75) is 13.5 Å². The second-order valence-electron chi connectivity index (χ2n) is 4.19. The molecule has 0 atom stereocenters. The molecule has 1 heterocycles. The fourth-order valence-corrected chi connectivity index (χ4v) is 1.99. The lowest BCUT2D eigenvalue weighted by molar-refractivity contribution is 0.712. The molecule has 0 aliphatic carbocycles. The molecule has 0 fully saturated rings. The van der Waals surface area contributed by atoms with E-state index in [2.05, 4.69) is 15.7 Å². The number of hydrogen-bond acceptors (Lipinski definition) is 2. The first-order valence-electron chi connectivity index (χ1n) is 5.85. The molecule has 0 aliphatic rings. The summed E-state index contributed by atoms with van der Waals surface area (Å²) in [6.07, 6.45) is 0. The van der Waals surface area contributed by atoms with Crippen LogP contribution >= 0.6 is 23.8 Å². The van der Waals surface area contributed by atoms with Gasteiger partial charge in [0.25, 0.3) is 0 Å². The van der Waals surface area contributed by atoms with E-state index in [0.717, 1.165) is 17.1 Å². The molecule has 0 unspecified atom stereocenters. The van der Waals surface area contributed by atoms with Crippen molar-refractivity contribution in [1.29, 1.82) is 0 Å². The highest BCUT2D eigenvalue weighted by Gasteiger charge is 2.04. The third kappa shape index (κ3) is 3.68. The zero-order chi connectivity index (χ0) is 13.8. The zero-order valence-corrected chi connectivity index (χ0v) is 12.3. The molecule has 0 amide bonds. The number of benzene rings is 1. The minimum absolute atomic E-state index is 0.524. The summed E-state index contributed by atoms with van der Waals surface area (Å²) in [7, 11) is 1.92. The number of hydrogen-bond donors (Lipinski definition) is 2. The highest BCUT2D eigenvalue weighted by molar-refractivity contribution is 7.80. The van der Waals surface area contributed by atoms with Gasteiger partial charge in [0, 0.05) is 12.7 Å². The van der Waals surface area contributed by atoms with Gasteiger partial charge in [-0.25, -0.2) is 0 Å². The Bertz CT molecular complexity index is 575. The van der Waals surface area contributed by atoms with Crippen LogP contribution in [-0.2, 0) is 13.6 Å². The Morgan fingerprint density at radius 3 is 2.79 bits per heavy atom. The second kappa shape index (κ2) is 6.04. The van der Waals surface area contributed by atoms with Crippen LogP contribution in [0.15, 0.2) is 30.3 Å². The number of anilines is 1. The van der Waals surface area contributed by atoms with E-state index >= 15 is 0 Å². The number of aryl methyl sites for hydroxylation is 2. The van der Waals surface area contributed by atoms with E-state index in [1.165, 1.54) is 0 Å². The van der Waals surface area contributed by atoms with Crippen LogP contribution in [0.4, 0.5) is 5.69 Å². The van der Waals surface area contributed by atoms with Crippen LogP contribution in [0.5, 0.6) is 0 Å². The minimum atomic E-state index is 0.524. The lowest BCUT2D eigenvalue weighted by Crippen LogP contribution is -2.28. The molecule has 0 spiro atoms. The summed E-state index contributed by atoms with van der Waals surface area (Å²) < 4.78 is 1.83. The number of para-hydroxylation sites is 1. The van der Waals surface area contributed by atoms with Gasteiger partial charge in [-0.05, 0) is 37.3 Å². The molecule has 4 nitrogen and oxygen atoms in total. The Balaban J connectivity index is 1.90. The van der Waals surface area contributed by atoms with Crippen molar-refractivity contribution in [3.05, 3.63) is 46.7 Å². The van der Waals surface area contributed by atoms with Crippen molar-refractivity contribution in [3.63, 3.8) is 0 Å². The first kappa shape index (κ1) is 13.8. The predicted molar refractivity (Wildman–Crippen MR) is 82.5 cm³/mol. The largest absolute Gasteiger partial charge is 0.357 e. The number of rotatable bonds is 3. The van der Waals surface area contributed by atoms with Gasteiger partial charge < -0.3 is 10.6 Å². The van der Waals surface area contributed by atoms with E-state index in [1.807, 2.05) is 49.0 Å². The third-order valence-corrected chi connectivity index (χ3v) is 3.29. The maximum absolute atomic E-state index is 6.04. The predicted octanol–water partition coefficient (Wildman–Crippen LogP) is 2.87. The molecule has 6 heteroatoms. The van der Waals surface area contributed by atoms with E-state index in [4.69, 9.17) is 23.8 Å². The molecule has 0 aliphatic heterocycles. The first-order valence-corrected chi connectivity index (χ1v) is 6.64. The van der Waals surface area contributed by atoms with Gasteiger partial charge >= 0.3 is 0 Å². The molecule has 0 bridgehead atoms. The van der Waals surface area contributed by atoms with E-state index in [-0.39, 0.29) is 0 Å². The van der Waals surface area contributed by atoms with Gasteiger partial charge in [0.1, 0.15) is 0 Å². The van der Waals surface area contributed by atoms with Crippen LogP contribution in [0.2, 0.25) is 5.02 Å². The molecule has 0 saturated heterocycles. The molecular weight excluding hydrogens is 280 g/mol. The van der Waals surface area contributed by atoms with Gasteiger partial charge in [-0.1, -0.05) is 23.7 Å². The molecule has 2 N–H and O–H groups in total. The average molecular weight is 295 g/mol. The molecule has 2 aromatic rings. The third-order valence-electron chi connectivity index (χ3n) is 2.72. The summed E-state index contributed by atoms with van der Waals surface area (Å²) in [5, 5.41) is 11.7. The lowest BCUT2D eigenvalue weighted by atomic mass is 10.3. The average Bonchev–Trinajstić information content (AvgIpc) is 2.69. The van der Waals surface area contributed by atoms with Gasteiger partial charge in [0.15, 0.2) is 5.11 Å². The van der Waals surface area contributed by atoms with Crippen molar-refractivity contribution in [3.8, 4) is 0 Å². The highest BCUT2D eigenvalue weighted by atomic mass is 35.5. The standard InChI is InChI=1S/C13H15ClN4S/c1-9-7-10(17-18(9)2)8-15-13(19)16-12-6-4-3-5-11(12)14/h3-7H,8H2,1-2H3,(H2,15,16,19). The summed E-state index contributed by atoms with van der Waals surface area (Å²) in [5.41, 5.74) is 2.85. The zero-order valence-electron chi connectivity index (χ0n) is 10.8. The van der Waals surface area contributed by atoms with Crippen LogP contribution < -0.4 is 10.6 Å². The Labute approximate surface area is 122 Å². The molecule has 0 radical (unpaired) electrons. The molecule has 1 aromatic heterocycles. The Morgan fingerprint density at radius 1 is 1.42 bits per heavy atom. The van der Waals surface area contributed by atoms with Gasteiger partial charge in [-0.15, -0.1) is 0 Å². The smallest absolute Gasteiger partial charge is 0.171 e. The molecule has 0 saturated carbocycles. The Morgan fingerprint density at radius 2 is 2.16 bits per heavy atom. The van der Waals surface area contributed by atoms with Crippen molar-refractivity contribution in [2.24, 2.45) is 7.05 Å². The van der Waals surface area contributed by atoms with Crippen LogP contribution in [0.25, 0.3) is 0 Å². The first-order chi connectivity index (χ1) is 9.06. The number of thiocarbonyl (C=S) groups is 1. The topological polar surface area (TPSA) is 41.9 Å². The summed E-state index contributed by atoms with van der Waals surface area (Å²) in [5.74, 6) is 0. The van der Waals surface area contributed by atoms with Crippen molar-refractivity contribution < 1.29 is 0 Å². The molecule has 2 rings (SSSR count). The van der Waals surface area contributed by atoms with Crippen molar-refractivity contribution in [1.82, 2.24) is 15.1 Å². The fourth-order valence-electron chi connectivity index (χ4n) is 1.62. The van der Waals surface area contributed by atoms with Gasteiger partial charge in [-0.3, -0.25) is 4.68 Å². The fraction of sp³-hybridized carbons (Fsp3) is 0.231. The maximum atomic E-state index is 6.04. The Kier molecular flexibility index (Phi) is 4.39. The SMILES string of the molecule is Cc1cc(CNC(=S)Nc2ccccc2Cl)nn1C. The second-order valence-corrected chi connectivity index (χ2v) is 5.00. The van der Waals surface area contributed by atoms with Crippen LogP contribution in [-0.4, -0.2) is 14.9 Å². The van der Waals surface area contributed by atoms with Crippen molar-refractivity contribution in [2.75, 3.05) is 5.32 Å². The number of aromatic nitrogens is 2. The van der Waals surface area contributed by atoms with E-state index in [1.54, 1.807) is 0 Å². The van der Waals surface area contributed by atoms with Crippen LogP contribution in [0.1, 0.15) is 11.4 Å². The van der Waals surface area contributed by atoms with E-state index in [0.29, 0.717) is 16.7 Å². The molecular formula is C13H15ClN4S. The van der Waals surface area contributed by atoms with Gasteiger partial charge in [-0.2, -0.15) is 5.10 Å². The summed E-state index contributed by atoms with van der Waals surface area (Å²) in [6.45, 7) is 2.59. The molecule has 100 valence electrons. The summed E-state index contributed by atoms with van der Waals surface area (Å²) in [4.78, 5) is 0. The summed E-state index contributed by atoms with van der Waals surface area (Å²) >= 11 is 11.3. The van der Waals surface area contributed by atoms with Crippen LogP contribution in [0, 0.1) is 6.92 Å². The molecule has 19 heavy (non-hydrogen) atoms. The number of nitrogens with zero attached hydrogens (tertiary/aromatic N) is 2. The number of halogens is 1. The quantitative estimate of drug-likeness (QED) is 0.854. The van der Waals surface area contributed by atoms with E-state index in [9.17, 15) is 0 Å². The minimum Gasteiger partial charge on any atom is -0.357 e. The number of nitrogens with one attached hydrogen (secondary N) is 2. The maximum Gasteiger partial charge on any atom is 0.171 e. The van der Waals surface area contributed by atoms with Gasteiger partial charge in [0.2, 0.25) is 0 Å². The monoisotopic (exact) mass is 294 g/mol. The van der Waals surface area contributed by atoms with Crippen LogP contribution in [0.3, 0.4) is 0 Å². The van der Waals surface area contributed by atoms with E-state index < -0.39 is 0 Å². The highest BCUT2D eigenvalue weighted by Crippen LogP contribution is 2.20. The normalized spacial score (nSPS) is 10.3. The Hall–Kier alpha value is -1.59. The van der Waals surface area contributed by atoms with Crippen molar-refractivity contribution >= 4 is 34.6 Å². The summed E-state index contributed by atoms with van der Waals surface area (Å²) in [6, 6.07) is 9.49. The molecule has 1 aromatic carbocycles. The lowest BCUT2D eigenvalue weighted by Gasteiger charge is -2.10.